The summed E-state index contributed by atoms with van der Waals surface area (Å²) in [4.78, 5) is 24.7. The summed E-state index contributed by atoms with van der Waals surface area (Å²) >= 11 is 7.41. The van der Waals surface area contributed by atoms with E-state index in [0.717, 1.165) is 12.8 Å². The standard InChI is InChI=1S/C21H26ClN5O2S/c1-2-12-27-18(13-23-20(29)16-10-6-7-11-17(16)22)25-26-21(27)30-14-19(28)24-15-8-4-3-5-9-15/h2,6-7,10-11,15H,1,3-5,8-9,12-14H2,(H,23,29)(H,24,28). The number of allylic oxidation sites excluding steroid dienone is 1. The number of hydrogen-bond acceptors (Lipinski definition) is 5. The van der Waals surface area contributed by atoms with E-state index in [1.165, 1.54) is 31.0 Å². The van der Waals surface area contributed by atoms with Crippen LogP contribution in [0.2, 0.25) is 5.02 Å². The van der Waals surface area contributed by atoms with Gasteiger partial charge in [-0.05, 0) is 25.0 Å². The van der Waals surface area contributed by atoms with E-state index < -0.39 is 0 Å². The lowest BCUT2D eigenvalue weighted by atomic mass is 9.95. The van der Waals surface area contributed by atoms with Gasteiger partial charge in [-0.3, -0.25) is 9.59 Å². The van der Waals surface area contributed by atoms with Crippen LogP contribution in [-0.4, -0.2) is 38.4 Å². The normalized spacial score (nSPS) is 14.3. The van der Waals surface area contributed by atoms with Crippen LogP contribution in [0, 0.1) is 0 Å². The average Bonchev–Trinajstić information content (AvgIpc) is 3.13. The number of rotatable bonds is 9. The second kappa shape index (κ2) is 11.2. The fourth-order valence-electron chi connectivity index (χ4n) is 3.42. The number of thioether (sulfide) groups is 1. The second-order valence-electron chi connectivity index (χ2n) is 7.15. The molecule has 7 nitrogen and oxygen atoms in total. The predicted molar refractivity (Wildman–Crippen MR) is 119 cm³/mol. The molecule has 0 aliphatic heterocycles. The molecule has 0 unspecified atom stereocenters. The first kappa shape index (κ1) is 22.4. The summed E-state index contributed by atoms with van der Waals surface area (Å²) < 4.78 is 1.85. The van der Waals surface area contributed by atoms with Crippen molar-refractivity contribution in [1.82, 2.24) is 25.4 Å². The number of nitrogens with zero attached hydrogens (tertiary/aromatic N) is 3. The van der Waals surface area contributed by atoms with Crippen molar-refractivity contribution in [2.45, 2.75) is 56.4 Å². The highest BCUT2D eigenvalue weighted by molar-refractivity contribution is 7.99. The Balaban J connectivity index is 1.57. The highest BCUT2D eigenvalue weighted by Gasteiger charge is 2.18. The molecule has 1 aromatic carbocycles. The highest BCUT2D eigenvalue weighted by atomic mass is 35.5. The van der Waals surface area contributed by atoms with Crippen molar-refractivity contribution in [2.75, 3.05) is 5.75 Å². The summed E-state index contributed by atoms with van der Waals surface area (Å²) in [6.45, 7) is 4.45. The molecule has 30 heavy (non-hydrogen) atoms. The number of aromatic nitrogens is 3. The van der Waals surface area contributed by atoms with Crippen molar-refractivity contribution in [1.29, 1.82) is 0 Å². The van der Waals surface area contributed by atoms with Crippen LogP contribution in [0.15, 0.2) is 42.1 Å². The summed E-state index contributed by atoms with van der Waals surface area (Å²) in [6.07, 6.45) is 7.44. The van der Waals surface area contributed by atoms with E-state index in [9.17, 15) is 9.59 Å². The summed E-state index contributed by atoms with van der Waals surface area (Å²) in [5.74, 6) is 0.589. The third-order valence-electron chi connectivity index (χ3n) is 4.93. The molecule has 9 heteroatoms. The molecule has 0 saturated heterocycles. The molecular weight excluding hydrogens is 422 g/mol. The predicted octanol–water partition coefficient (Wildman–Crippen LogP) is 3.59. The van der Waals surface area contributed by atoms with Gasteiger partial charge in [0.1, 0.15) is 0 Å². The van der Waals surface area contributed by atoms with Crippen LogP contribution in [0.1, 0.15) is 48.3 Å². The molecule has 1 aromatic heterocycles. The molecule has 2 amide bonds. The van der Waals surface area contributed by atoms with Crippen LogP contribution < -0.4 is 10.6 Å². The third-order valence-corrected chi connectivity index (χ3v) is 6.23. The van der Waals surface area contributed by atoms with E-state index in [1.807, 2.05) is 4.57 Å². The molecule has 0 spiro atoms. The van der Waals surface area contributed by atoms with E-state index in [1.54, 1.807) is 30.3 Å². The Morgan fingerprint density at radius 2 is 2.00 bits per heavy atom. The Morgan fingerprint density at radius 1 is 1.23 bits per heavy atom. The van der Waals surface area contributed by atoms with Gasteiger partial charge in [-0.2, -0.15) is 0 Å². The van der Waals surface area contributed by atoms with E-state index in [4.69, 9.17) is 11.6 Å². The van der Waals surface area contributed by atoms with Gasteiger partial charge in [-0.25, -0.2) is 0 Å². The highest BCUT2D eigenvalue weighted by Crippen LogP contribution is 2.20. The Morgan fingerprint density at radius 3 is 2.73 bits per heavy atom. The molecule has 1 aliphatic carbocycles. The van der Waals surface area contributed by atoms with Gasteiger partial charge in [0.15, 0.2) is 11.0 Å². The number of carbonyl (C=O) groups excluding carboxylic acids is 2. The van der Waals surface area contributed by atoms with Crippen LogP contribution in [0.4, 0.5) is 0 Å². The molecule has 1 heterocycles. The van der Waals surface area contributed by atoms with Crippen molar-refractivity contribution >= 4 is 35.2 Å². The van der Waals surface area contributed by atoms with Gasteiger partial charge in [-0.1, -0.05) is 60.8 Å². The molecule has 1 fully saturated rings. The van der Waals surface area contributed by atoms with E-state index in [0.29, 0.717) is 28.1 Å². The first-order valence-corrected chi connectivity index (χ1v) is 11.4. The molecular formula is C21H26ClN5O2S. The molecule has 1 saturated carbocycles. The Kier molecular flexibility index (Phi) is 8.33. The molecule has 0 radical (unpaired) electrons. The van der Waals surface area contributed by atoms with Crippen molar-refractivity contribution < 1.29 is 9.59 Å². The Bertz CT molecular complexity index is 895. The molecule has 2 N–H and O–H groups in total. The van der Waals surface area contributed by atoms with Crippen molar-refractivity contribution in [3.63, 3.8) is 0 Å². The second-order valence-corrected chi connectivity index (χ2v) is 8.50. The van der Waals surface area contributed by atoms with Crippen LogP contribution >= 0.6 is 23.4 Å². The molecule has 2 aromatic rings. The maximum absolute atomic E-state index is 12.4. The first-order valence-electron chi connectivity index (χ1n) is 10.1. The van der Waals surface area contributed by atoms with E-state index in [2.05, 4.69) is 27.4 Å². The summed E-state index contributed by atoms with van der Waals surface area (Å²) in [5, 5.41) is 15.3. The number of amides is 2. The SMILES string of the molecule is C=CCn1c(CNC(=O)c2ccccc2Cl)nnc1SCC(=O)NC1CCCCC1. The summed E-state index contributed by atoms with van der Waals surface area (Å²) in [6, 6.07) is 7.15. The average molecular weight is 448 g/mol. The summed E-state index contributed by atoms with van der Waals surface area (Å²) in [7, 11) is 0. The number of benzene rings is 1. The minimum atomic E-state index is -0.283. The quantitative estimate of drug-likeness (QED) is 0.453. The van der Waals surface area contributed by atoms with Gasteiger partial charge in [-0.15, -0.1) is 16.8 Å². The fourth-order valence-corrected chi connectivity index (χ4v) is 4.41. The van der Waals surface area contributed by atoms with Crippen molar-refractivity contribution in [3.8, 4) is 0 Å². The summed E-state index contributed by atoms with van der Waals surface area (Å²) in [5.41, 5.74) is 0.405. The minimum Gasteiger partial charge on any atom is -0.353 e. The van der Waals surface area contributed by atoms with Crippen LogP contribution in [-0.2, 0) is 17.9 Å². The van der Waals surface area contributed by atoms with E-state index >= 15 is 0 Å². The zero-order chi connectivity index (χ0) is 21.3. The Hall–Kier alpha value is -2.32. The fraction of sp³-hybridized carbons (Fsp3) is 0.429. The zero-order valence-electron chi connectivity index (χ0n) is 16.8. The van der Waals surface area contributed by atoms with Crippen LogP contribution in [0.5, 0.6) is 0 Å². The van der Waals surface area contributed by atoms with Crippen LogP contribution in [0.25, 0.3) is 0 Å². The largest absolute Gasteiger partial charge is 0.353 e. The van der Waals surface area contributed by atoms with Gasteiger partial charge in [0.05, 0.1) is 22.9 Å². The monoisotopic (exact) mass is 447 g/mol. The first-order chi connectivity index (χ1) is 14.6. The maximum atomic E-state index is 12.4. The van der Waals surface area contributed by atoms with Crippen LogP contribution in [0.3, 0.4) is 0 Å². The number of nitrogens with one attached hydrogen (secondary N) is 2. The topological polar surface area (TPSA) is 88.9 Å². The van der Waals surface area contributed by atoms with Crippen molar-refractivity contribution in [3.05, 3.63) is 53.3 Å². The van der Waals surface area contributed by atoms with Crippen molar-refractivity contribution in [2.24, 2.45) is 0 Å². The third kappa shape index (κ3) is 6.09. The number of hydrogen-bond donors (Lipinski definition) is 2. The maximum Gasteiger partial charge on any atom is 0.253 e. The molecule has 0 bridgehead atoms. The molecule has 0 atom stereocenters. The van der Waals surface area contributed by atoms with Gasteiger partial charge in [0.2, 0.25) is 5.91 Å². The molecule has 160 valence electrons. The smallest absolute Gasteiger partial charge is 0.253 e. The number of carbonyl (C=O) groups is 2. The molecule has 3 rings (SSSR count). The number of halogens is 1. The lowest BCUT2D eigenvalue weighted by molar-refractivity contribution is -0.119. The lowest BCUT2D eigenvalue weighted by Crippen LogP contribution is -2.37. The molecule has 1 aliphatic rings. The Labute approximate surface area is 185 Å². The van der Waals surface area contributed by atoms with Gasteiger partial charge in [0, 0.05) is 12.6 Å². The zero-order valence-corrected chi connectivity index (χ0v) is 18.3. The van der Waals surface area contributed by atoms with E-state index in [-0.39, 0.29) is 30.2 Å². The lowest BCUT2D eigenvalue weighted by Gasteiger charge is -2.22. The van der Waals surface area contributed by atoms with Gasteiger partial charge >= 0.3 is 0 Å². The van der Waals surface area contributed by atoms with Gasteiger partial charge in [0.25, 0.3) is 5.91 Å². The minimum absolute atomic E-state index is 0.00799. The van der Waals surface area contributed by atoms with Gasteiger partial charge < -0.3 is 15.2 Å².